The molecule has 2 aromatic heterocycles. The van der Waals surface area contributed by atoms with Gasteiger partial charge in [-0.05, 0) is 49.6 Å². The van der Waals surface area contributed by atoms with Crippen LogP contribution in [0.2, 0.25) is 0 Å². The van der Waals surface area contributed by atoms with Crippen molar-refractivity contribution in [2.24, 2.45) is 5.73 Å². The van der Waals surface area contributed by atoms with Crippen LogP contribution in [0, 0.1) is 20.8 Å². The van der Waals surface area contributed by atoms with Crippen LogP contribution in [-0.2, 0) is 6.42 Å². The average Bonchev–Trinajstić information content (AvgIpc) is 3.08. The summed E-state index contributed by atoms with van der Waals surface area (Å²) in [5, 5.41) is 4.45. The highest BCUT2D eigenvalue weighted by atomic mass is 16.5. The molecule has 0 aliphatic carbocycles. The summed E-state index contributed by atoms with van der Waals surface area (Å²) < 4.78 is 7.93. The van der Waals surface area contributed by atoms with E-state index in [0.29, 0.717) is 6.54 Å². The van der Waals surface area contributed by atoms with E-state index in [1.54, 1.807) is 0 Å². The molecule has 0 bridgehead atoms. The zero-order valence-corrected chi connectivity index (χ0v) is 13.6. The molecule has 5 heteroatoms. The normalized spacial score (nSPS) is 16.6. The first-order valence-corrected chi connectivity index (χ1v) is 7.89. The van der Waals surface area contributed by atoms with Gasteiger partial charge in [0.25, 0.3) is 0 Å². The highest BCUT2D eigenvalue weighted by Gasteiger charge is 2.25. The third-order valence-corrected chi connectivity index (χ3v) is 4.34. The molecule has 1 aliphatic heterocycles. The number of pyridine rings is 1. The van der Waals surface area contributed by atoms with Gasteiger partial charge in [-0.25, -0.2) is 9.50 Å². The Bertz CT molecular complexity index is 913. The van der Waals surface area contributed by atoms with Crippen LogP contribution in [0.25, 0.3) is 16.8 Å². The smallest absolute Gasteiger partial charge is 0.158 e. The molecule has 0 fully saturated rings. The second-order valence-corrected chi connectivity index (χ2v) is 6.32. The number of ether oxygens (including phenoxy) is 1. The largest absolute Gasteiger partial charge is 0.488 e. The van der Waals surface area contributed by atoms with Gasteiger partial charge in [0, 0.05) is 30.3 Å². The highest BCUT2D eigenvalue weighted by Crippen LogP contribution is 2.40. The second-order valence-electron chi connectivity index (χ2n) is 6.32. The van der Waals surface area contributed by atoms with E-state index in [2.05, 4.69) is 42.1 Å². The molecule has 5 nitrogen and oxygen atoms in total. The van der Waals surface area contributed by atoms with E-state index >= 15 is 0 Å². The molecular weight excluding hydrogens is 288 g/mol. The summed E-state index contributed by atoms with van der Waals surface area (Å²) in [6.45, 7) is 6.62. The van der Waals surface area contributed by atoms with Gasteiger partial charge in [-0.1, -0.05) is 6.07 Å². The minimum absolute atomic E-state index is 0.0731. The SMILES string of the molecule is Cc1cc2c(c(-c3cc(C)c4nc(C)nn4c3)c1)OC(CN)C2. The molecule has 1 aliphatic rings. The number of hydrogen-bond acceptors (Lipinski definition) is 4. The summed E-state index contributed by atoms with van der Waals surface area (Å²) in [5.74, 6) is 1.74. The highest BCUT2D eigenvalue weighted by molar-refractivity contribution is 5.75. The first-order valence-electron chi connectivity index (χ1n) is 7.89. The lowest BCUT2D eigenvalue weighted by molar-refractivity contribution is 0.242. The van der Waals surface area contributed by atoms with Crippen molar-refractivity contribution < 1.29 is 4.74 Å². The van der Waals surface area contributed by atoms with Crippen molar-refractivity contribution >= 4 is 5.65 Å². The van der Waals surface area contributed by atoms with Crippen molar-refractivity contribution in [2.45, 2.75) is 33.3 Å². The fraction of sp³-hybridized carbons (Fsp3) is 0.333. The second kappa shape index (κ2) is 5.06. The van der Waals surface area contributed by atoms with Gasteiger partial charge in [-0.15, -0.1) is 0 Å². The van der Waals surface area contributed by atoms with Crippen molar-refractivity contribution in [3.8, 4) is 16.9 Å². The number of nitrogens with zero attached hydrogens (tertiary/aromatic N) is 3. The van der Waals surface area contributed by atoms with Gasteiger partial charge in [0.2, 0.25) is 0 Å². The van der Waals surface area contributed by atoms with Crippen LogP contribution in [0.4, 0.5) is 0 Å². The summed E-state index contributed by atoms with van der Waals surface area (Å²) in [6, 6.07) is 6.51. The maximum atomic E-state index is 6.08. The molecule has 0 radical (unpaired) electrons. The lowest BCUT2D eigenvalue weighted by Crippen LogP contribution is -2.24. The molecule has 0 saturated heterocycles. The number of benzene rings is 1. The summed E-state index contributed by atoms with van der Waals surface area (Å²) in [7, 11) is 0. The van der Waals surface area contributed by atoms with Crippen molar-refractivity contribution in [3.05, 3.63) is 46.9 Å². The number of aryl methyl sites for hydroxylation is 3. The maximum absolute atomic E-state index is 6.08. The molecule has 3 heterocycles. The fourth-order valence-corrected chi connectivity index (χ4v) is 3.34. The van der Waals surface area contributed by atoms with Crippen molar-refractivity contribution in [1.82, 2.24) is 14.6 Å². The number of nitrogens with two attached hydrogens (primary N) is 1. The number of hydrogen-bond donors (Lipinski definition) is 1. The van der Waals surface area contributed by atoms with E-state index in [1.165, 1.54) is 11.1 Å². The van der Waals surface area contributed by atoms with Crippen LogP contribution >= 0.6 is 0 Å². The molecule has 0 amide bonds. The molecule has 1 aromatic carbocycles. The third kappa shape index (κ3) is 2.28. The van der Waals surface area contributed by atoms with Gasteiger partial charge < -0.3 is 10.5 Å². The topological polar surface area (TPSA) is 65.4 Å². The quantitative estimate of drug-likeness (QED) is 0.790. The summed E-state index contributed by atoms with van der Waals surface area (Å²) >= 11 is 0. The van der Waals surface area contributed by atoms with Gasteiger partial charge in [-0.2, -0.15) is 5.10 Å². The molecule has 1 unspecified atom stereocenters. The lowest BCUT2D eigenvalue weighted by atomic mass is 9.98. The van der Waals surface area contributed by atoms with Gasteiger partial charge in [0.15, 0.2) is 5.65 Å². The first kappa shape index (κ1) is 14.2. The van der Waals surface area contributed by atoms with Crippen molar-refractivity contribution in [3.63, 3.8) is 0 Å². The fourth-order valence-electron chi connectivity index (χ4n) is 3.34. The standard InChI is InChI=1S/C18H20N4O/c1-10-4-13-7-15(8-19)23-17(13)16(5-10)14-6-11(2)18-20-12(3)21-22(18)9-14/h4-6,9,15H,7-8,19H2,1-3H3. The Morgan fingerprint density at radius 2 is 2.09 bits per heavy atom. The maximum Gasteiger partial charge on any atom is 0.158 e. The van der Waals surface area contributed by atoms with Gasteiger partial charge in [-0.3, -0.25) is 0 Å². The van der Waals surface area contributed by atoms with E-state index in [0.717, 1.165) is 40.3 Å². The van der Waals surface area contributed by atoms with Crippen LogP contribution in [0.3, 0.4) is 0 Å². The Hall–Kier alpha value is -2.40. The van der Waals surface area contributed by atoms with Gasteiger partial charge in [0.1, 0.15) is 17.7 Å². The summed E-state index contributed by atoms with van der Waals surface area (Å²) in [4.78, 5) is 4.47. The minimum Gasteiger partial charge on any atom is -0.488 e. The van der Waals surface area contributed by atoms with Crippen molar-refractivity contribution in [1.29, 1.82) is 0 Å². The Balaban J connectivity index is 1.92. The van der Waals surface area contributed by atoms with Gasteiger partial charge in [0.05, 0.1) is 0 Å². The number of fused-ring (bicyclic) bond motifs is 2. The molecule has 0 saturated carbocycles. The van der Waals surface area contributed by atoms with Crippen LogP contribution in [0.5, 0.6) is 5.75 Å². The predicted octanol–water partition coefficient (Wildman–Crippen LogP) is 2.58. The van der Waals surface area contributed by atoms with E-state index in [1.807, 2.05) is 17.6 Å². The van der Waals surface area contributed by atoms with Crippen LogP contribution in [-0.4, -0.2) is 27.2 Å². The molecule has 0 spiro atoms. The van der Waals surface area contributed by atoms with Gasteiger partial charge >= 0.3 is 0 Å². The third-order valence-electron chi connectivity index (χ3n) is 4.34. The van der Waals surface area contributed by atoms with Crippen molar-refractivity contribution in [2.75, 3.05) is 6.54 Å². The monoisotopic (exact) mass is 308 g/mol. The molecular formula is C18H20N4O. The zero-order chi connectivity index (χ0) is 16.1. The Labute approximate surface area is 135 Å². The first-order chi connectivity index (χ1) is 11.0. The molecule has 1 atom stereocenters. The zero-order valence-electron chi connectivity index (χ0n) is 13.6. The average molecular weight is 308 g/mol. The number of rotatable bonds is 2. The summed E-state index contributed by atoms with van der Waals surface area (Å²) in [6.07, 6.45) is 2.98. The molecule has 2 N–H and O–H groups in total. The van der Waals surface area contributed by atoms with E-state index in [9.17, 15) is 0 Å². The van der Waals surface area contributed by atoms with E-state index < -0.39 is 0 Å². The Kier molecular flexibility index (Phi) is 3.13. The van der Waals surface area contributed by atoms with Crippen LogP contribution < -0.4 is 10.5 Å². The van der Waals surface area contributed by atoms with Crippen LogP contribution in [0.1, 0.15) is 22.5 Å². The molecule has 23 heavy (non-hydrogen) atoms. The predicted molar refractivity (Wildman–Crippen MR) is 89.8 cm³/mol. The molecule has 4 rings (SSSR count). The minimum atomic E-state index is 0.0731. The molecule has 118 valence electrons. The summed E-state index contributed by atoms with van der Waals surface area (Å²) in [5.41, 5.74) is 12.5. The molecule has 3 aromatic rings. The van der Waals surface area contributed by atoms with E-state index in [4.69, 9.17) is 10.5 Å². The lowest BCUT2D eigenvalue weighted by Gasteiger charge is -2.12. The Morgan fingerprint density at radius 1 is 1.26 bits per heavy atom. The Morgan fingerprint density at radius 3 is 2.87 bits per heavy atom. The number of aromatic nitrogens is 3. The van der Waals surface area contributed by atoms with E-state index in [-0.39, 0.29) is 6.10 Å². The van der Waals surface area contributed by atoms with Crippen LogP contribution in [0.15, 0.2) is 24.4 Å².